The zero-order valence-corrected chi connectivity index (χ0v) is 22.1. The van der Waals surface area contributed by atoms with Crippen LogP contribution in [-0.4, -0.2) is 0 Å². The molecule has 0 atom stereocenters. The van der Waals surface area contributed by atoms with Crippen molar-refractivity contribution in [3.63, 3.8) is 0 Å². The van der Waals surface area contributed by atoms with Crippen LogP contribution in [0.5, 0.6) is 0 Å². The number of benzene rings is 8. The second-order valence-electron chi connectivity index (χ2n) is 9.95. The van der Waals surface area contributed by atoms with E-state index in [4.69, 9.17) is 18.1 Å². The number of hydrogen-bond acceptors (Lipinski definition) is 1. The molecule has 8 aromatic carbocycles. The van der Waals surface area contributed by atoms with Gasteiger partial charge in [0.2, 0.25) is 0 Å². The Kier molecular flexibility index (Phi) is 2.79. The van der Waals surface area contributed by atoms with Gasteiger partial charge in [0.25, 0.3) is 0 Å². The fourth-order valence-electron chi connectivity index (χ4n) is 5.66. The Morgan fingerprint density at radius 2 is 0.953 bits per heavy atom. The van der Waals surface area contributed by atoms with Crippen molar-refractivity contribution in [1.29, 1.82) is 0 Å². The first kappa shape index (κ1) is 12.7. The Bertz CT molecular complexity index is 3350. The molecule has 200 valence electrons. The Balaban J connectivity index is 1.53. The van der Waals surface area contributed by atoms with Crippen LogP contribution in [0.2, 0.25) is 0 Å². The largest absolute Gasteiger partial charge is 0.455 e. The molecule has 0 saturated heterocycles. The molecule has 1 nitrogen and oxygen atoms in total. The molecule has 0 unspecified atom stereocenters. The lowest BCUT2D eigenvalue weighted by molar-refractivity contribution is 0.672. The van der Waals surface area contributed by atoms with E-state index in [0.29, 0.717) is 5.56 Å². The molecule has 1 heteroatoms. The molecule has 0 spiro atoms. The highest BCUT2D eigenvalue weighted by atomic mass is 16.3. The van der Waals surface area contributed by atoms with Gasteiger partial charge in [0.15, 0.2) is 0 Å². The normalized spacial score (nSPS) is 17.3. The van der Waals surface area contributed by atoms with E-state index >= 15 is 0 Å². The minimum absolute atomic E-state index is 0.0363. The Morgan fingerprint density at radius 1 is 0.395 bits per heavy atom. The fourth-order valence-corrected chi connectivity index (χ4v) is 5.66. The average Bonchev–Trinajstić information content (AvgIpc) is 3.66. The summed E-state index contributed by atoms with van der Waals surface area (Å²) in [5.74, 6) is 0. The minimum atomic E-state index is -0.738. The summed E-state index contributed by atoms with van der Waals surface area (Å²) in [6.07, 6.45) is 0. The van der Waals surface area contributed by atoms with Crippen molar-refractivity contribution in [2.45, 2.75) is 0 Å². The van der Waals surface area contributed by atoms with Crippen LogP contribution in [-0.2, 0) is 0 Å². The molecular weight excluding hydrogens is 520 g/mol. The van der Waals surface area contributed by atoms with Gasteiger partial charge in [-0.05, 0) is 78.4 Å². The molecule has 0 N–H and O–H groups in total. The van der Waals surface area contributed by atoms with Gasteiger partial charge in [0, 0.05) is 16.2 Å². The first-order chi connectivity index (χ1) is 28.4. The first-order valence-corrected chi connectivity index (χ1v) is 13.4. The Hall–Kier alpha value is -5.66. The molecule has 0 aliphatic heterocycles. The summed E-state index contributed by atoms with van der Waals surface area (Å²) in [6, 6.07) is 5.18. The lowest BCUT2D eigenvalue weighted by atomic mass is 9.85. The predicted molar refractivity (Wildman–Crippen MR) is 183 cm³/mol. The van der Waals surface area contributed by atoms with Gasteiger partial charge >= 0.3 is 0 Å². The summed E-state index contributed by atoms with van der Waals surface area (Å²) in [7, 11) is 0. The maximum Gasteiger partial charge on any atom is 0.143 e. The van der Waals surface area contributed by atoms with Crippen molar-refractivity contribution in [2.24, 2.45) is 0 Å². The van der Waals surface area contributed by atoms with Gasteiger partial charge in [-0.3, -0.25) is 0 Å². The van der Waals surface area contributed by atoms with Crippen LogP contribution >= 0.6 is 0 Å². The molecule has 0 amide bonds. The number of hydrogen-bond donors (Lipinski definition) is 0. The highest BCUT2D eigenvalue weighted by molar-refractivity contribution is 6.22. The molecule has 0 fully saturated rings. The van der Waals surface area contributed by atoms with Gasteiger partial charge in [0.1, 0.15) is 11.2 Å². The van der Waals surface area contributed by atoms with Crippen LogP contribution in [0.15, 0.2) is 162 Å². The summed E-state index contributed by atoms with van der Waals surface area (Å²) in [4.78, 5) is 0. The molecule has 0 aliphatic carbocycles. The third-order valence-corrected chi connectivity index (χ3v) is 7.59. The molecule has 0 bridgehead atoms. The molecule has 0 saturated carbocycles. The van der Waals surface area contributed by atoms with Gasteiger partial charge in [-0.1, -0.05) is 139 Å². The fraction of sp³-hybridized carbons (Fsp3) is 0. The van der Waals surface area contributed by atoms with E-state index in [1.54, 1.807) is 24.3 Å². The third kappa shape index (κ3) is 3.72. The van der Waals surface area contributed by atoms with Crippen LogP contribution in [0, 0.1) is 0 Å². The average molecular weight is 564 g/mol. The minimum Gasteiger partial charge on any atom is -0.455 e. The number of furan rings is 1. The third-order valence-electron chi connectivity index (χ3n) is 7.59. The van der Waals surface area contributed by atoms with Crippen molar-refractivity contribution in [3.05, 3.63) is 157 Å². The SMILES string of the molecule is [2H]c1c(-c2c3c([2H])c([2H])c([2H])c([2H])c3c(-c3ccc(-c4ccccc4)cc3)c3c([2H])c([2H])c([2H])c([2H])c23)c([2H])c2c(oc3c4c([2H])c([2H])c([2H])c([2H])c4c([2H])c([2H])c32)c1[2H]. The van der Waals surface area contributed by atoms with E-state index in [2.05, 4.69) is 0 Å². The zero-order valence-electron chi connectivity index (χ0n) is 39.1. The maximum atomic E-state index is 9.73. The number of fused-ring (bicyclic) bond motifs is 7. The zero-order chi connectivity index (χ0) is 43.1. The van der Waals surface area contributed by atoms with Gasteiger partial charge < -0.3 is 4.42 Å². The van der Waals surface area contributed by atoms with E-state index in [1.165, 1.54) is 0 Å². The van der Waals surface area contributed by atoms with E-state index in [9.17, 15) is 9.60 Å². The predicted octanol–water partition coefficient (Wildman–Crippen LogP) is 12.0. The van der Waals surface area contributed by atoms with Crippen molar-refractivity contribution < 1.29 is 27.7 Å². The van der Waals surface area contributed by atoms with Crippen molar-refractivity contribution in [1.82, 2.24) is 0 Å². The van der Waals surface area contributed by atoms with Gasteiger partial charge in [0.05, 0.1) is 23.3 Å². The summed E-state index contributed by atoms with van der Waals surface area (Å²) < 4.78 is 158. The van der Waals surface area contributed by atoms with Crippen molar-refractivity contribution >= 4 is 54.3 Å². The summed E-state index contributed by atoms with van der Waals surface area (Å²) in [6.45, 7) is 0. The molecule has 1 aromatic heterocycles. The lowest BCUT2D eigenvalue weighted by Gasteiger charge is -2.18. The summed E-state index contributed by atoms with van der Waals surface area (Å²) in [5, 5.41) is -2.21. The van der Waals surface area contributed by atoms with E-state index in [0.717, 1.165) is 11.1 Å². The second-order valence-corrected chi connectivity index (χ2v) is 9.95. The van der Waals surface area contributed by atoms with E-state index in [1.807, 2.05) is 30.3 Å². The van der Waals surface area contributed by atoms with Crippen LogP contribution in [0.1, 0.15) is 23.3 Å². The van der Waals surface area contributed by atoms with E-state index in [-0.39, 0.29) is 59.8 Å². The molecular formula is C42H26O. The topological polar surface area (TPSA) is 13.1 Å². The van der Waals surface area contributed by atoms with Crippen LogP contribution in [0.3, 0.4) is 0 Å². The Labute approximate surface area is 273 Å². The molecule has 0 radical (unpaired) electrons. The lowest BCUT2D eigenvalue weighted by Crippen LogP contribution is -1.91. The highest BCUT2D eigenvalue weighted by Crippen LogP contribution is 2.45. The first-order valence-electron chi connectivity index (χ1n) is 21.9. The van der Waals surface area contributed by atoms with E-state index < -0.39 is 114 Å². The maximum absolute atomic E-state index is 9.73. The molecule has 0 aliphatic rings. The van der Waals surface area contributed by atoms with Crippen molar-refractivity contribution in [2.75, 3.05) is 0 Å². The number of rotatable bonds is 3. The summed E-state index contributed by atoms with van der Waals surface area (Å²) in [5.41, 5.74) is 0.384. The molecule has 9 rings (SSSR count). The molecule has 9 aromatic rings. The quantitative estimate of drug-likeness (QED) is 0.195. The molecule has 43 heavy (non-hydrogen) atoms. The molecule has 1 heterocycles. The standard InChI is InChI=1S/C42H26O/c1-2-10-27(11-3-1)28-18-20-30(21-19-28)40-33-14-6-8-16-35(33)41(36-17-9-7-15-34(36)40)31-23-25-39-38(26-31)37-24-22-29-12-4-5-13-32(29)42(37)43-39/h1-26H/i4D,5D,6D,7D,8D,9D,12D,13D,14D,15D,16D,17D,22D,23D,24D,25D,26D. The Morgan fingerprint density at radius 3 is 1.63 bits per heavy atom. The van der Waals surface area contributed by atoms with Gasteiger partial charge in [-0.2, -0.15) is 0 Å². The van der Waals surface area contributed by atoms with Crippen LogP contribution in [0.25, 0.3) is 87.6 Å². The highest BCUT2D eigenvalue weighted by Gasteiger charge is 2.18. The monoisotopic (exact) mass is 563 g/mol. The smallest absolute Gasteiger partial charge is 0.143 e. The summed E-state index contributed by atoms with van der Waals surface area (Å²) >= 11 is 0. The van der Waals surface area contributed by atoms with Crippen LogP contribution < -0.4 is 0 Å². The van der Waals surface area contributed by atoms with Gasteiger partial charge in [-0.25, -0.2) is 0 Å². The van der Waals surface area contributed by atoms with Crippen molar-refractivity contribution in [3.8, 4) is 33.4 Å². The van der Waals surface area contributed by atoms with Crippen LogP contribution in [0.4, 0.5) is 0 Å². The second kappa shape index (κ2) is 9.44. The van der Waals surface area contributed by atoms with Gasteiger partial charge in [-0.15, -0.1) is 0 Å².